The zero-order valence-corrected chi connectivity index (χ0v) is 14.5. The van der Waals surface area contributed by atoms with Gasteiger partial charge in [-0.3, -0.25) is 4.90 Å². The summed E-state index contributed by atoms with van der Waals surface area (Å²) in [6.07, 6.45) is 3.91. The lowest BCUT2D eigenvalue weighted by molar-refractivity contribution is -0.103. The van der Waals surface area contributed by atoms with Gasteiger partial charge in [-0.05, 0) is 56.4 Å². The second-order valence-corrected chi connectivity index (χ2v) is 7.60. The monoisotopic (exact) mass is 352 g/mol. The average molecular weight is 353 g/mol. The molecule has 1 saturated heterocycles. The molecular weight excluding hydrogens is 328 g/mol. The molecule has 0 saturated carbocycles. The molecule has 1 aromatic rings. The molecule has 1 aliphatic carbocycles. The molecule has 1 aromatic carbocycles. The zero-order chi connectivity index (χ0) is 15.0. The molecule has 1 heterocycles. The molecule has 2 aliphatic rings. The first-order chi connectivity index (χ1) is 10.0. The van der Waals surface area contributed by atoms with E-state index in [1.165, 1.54) is 15.6 Å². The van der Waals surface area contributed by atoms with Crippen LogP contribution in [-0.2, 0) is 17.6 Å². The third kappa shape index (κ3) is 3.04. The fourth-order valence-corrected chi connectivity index (χ4v) is 4.36. The van der Waals surface area contributed by atoms with Crippen molar-refractivity contribution in [3.63, 3.8) is 0 Å². The highest BCUT2D eigenvalue weighted by Crippen LogP contribution is 2.35. The van der Waals surface area contributed by atoms with Gasteiger partial charge in [0.1, 0.15) is 0 Å². The second-order valence-electron chi connectivity index (χ2n) is 6.68. The van der Waals surface area contributed by atoms with Crippen LogP contribution >= 0.6 is 15.9 Å². The van der Waals surface area contributed by atoms with Gasteiger partial charge in [-0.2, -0.15) is 0 Å². The Balaban J connectivity index is 1.86. The standard InChI is InChI=1S/C17H25BrN2O/c1-12-9-20(10-13(2)21-12)17(11-19)6-5-14-7-16(18)4-3-15(14)8-17/h3-4,7,12-13H,5-6,8-11,19H2,1-2H3/t12-,13+,17?. The second kappa shape index (κ2) is 5.99. The first-order valence-corrected chi connectivity index (χ1v) is 8.69. The lowest BCUT2D eigenvalue weighted by Crippen LogP contribution is -2.62. The number of rotatable bonds is 2. The van der Waals surface area contributed by atoms with Crippen LogP contribution in [0.5, 0.6) is 0 Å². The molecule has 0 bridgehead atoms. The van der Waals surface area contributed by atoms with Crippen LogP contribution in [0.2, 0.25) is 0 Å². The molecule has 0 aromatic heterocycles. The molecule has 4 heteroatoms. The van der Waals surface area contributed by atoms with Gasteiger partial charge in [0.05, 0.1) is 12.2 Å². The maximum Gasteiger partial charge on any atom is 0.0678 e. The van der Waals surface area contributed by atoms with Crippen molar-refractivity contribution >= 4 is 15.9 Å². The van der Waals surface area contributed by atoms with E-state index in [-0.39, 0.29) is 5.54 Å². The summed E-state index contributed by atoms with van der Waals surface area (Å²) < 4.78 is 7.07. The molecule has 3 nitrogen and oxygen atoms in total. The van der Waals surface area contributed by atoms with Crippen LogP contribution < -0.4 is 5.73 Å². The number of hydrogen-bond acceptors (Lipinski definition) is 3. The molecular formula is C17H25BrN2O. The highest BCUT2D eigenvalue weighted by molar-refractivity contribution is 9.10. The van der Waals surface area contributed by atoms with Gasteiger partial charge in [0, 0.05) is 29.6 Å². The Kier molecular flexibility index (Phi) is 4.42. The summed E-state index contributed by atoms with van der Waals surface area (Å²) in [5.74, 6) is 0. The van der Waals surface area contributed by atoms with E-state index < -0.39 is 0 Å². The molecule has 1 aliphatic heterocycles. The quantitative estimate of drug-likeness (QED) is 0.889. The molecule has 21 heavy (non-hydrogen) atoms. The van der Waals surface area contributed by atoms with E-state index in [1.54, 1.807) is 0 Å². The maximum atomic E-state index is 6.26. The minimum Gasteiger partial charge on any atom is -0.373 e. The number of aryl methyl sites for hydroxylation is 1. The fourth-order valence-electron chi connectivity index (χ4n) is 3.95. The number of fused-ring (bicyclic) bond motifs is 1. The first kappa shape index (κ1) is 15.5. The molecule has 2 N–H and O–H groups in total. The topological polar surface area (TPSA) is 38.5 Å². The summed E-state index contributed by atoms with van der Waals surface area (Å²) in [4.78, 5) is 2.59. The molecule has 116 valence electrons. The molecule has 0 amide bonds. The minimum absolute atomic E-state index is 0.104. The Hall–Kier alpha value is -0.420. The third-order valence-corrected chi connectivity index (χ3v) is 5.51. The maximum absolute atomic E-state index is 6.26. The molecule has 0 radical (unpaired) electrons. The van der Waals surface area contributed by atoms with Crippen LogP contribution in [0, 0.1) is 0 Å². The van der Waals surface area contributed by atoms with Gasteiger partial charge in [-0.15, -0.1) is 0 Å². The van der Waals surface area contributed by atoms with Gasteiger partial charge in [0.15, 0.2) is 0 Å². The third-order valence-electron chi connectivity index (χ3n) is 5.02. The Morgan fingerprint density at radius 1 is 1.29 bits per heavy atom. The van der Waals surface area contributed by atoms with Crippen molar-refractivity contribution in [2.45, 2.75) is 50.9 Å². The normalized spacial score (nSPS) is 33.7. The van der Waals surface area contributed by atoms with E-state index in [1.807, 2.05) is 0 Å². The number of benzene rings is 1. The Morgan fingerprint density at radius 2 is 2.00 bits per heavy atom. The number of morpholine rings is 1. The summed E-state index contributed by atoms with van der Waals surface area (Å²) in [5.41, 5.74) is 9.29. The predicted molar refractivity (Wildman–Crippen MR) is 89.5 cm³/mol. The number of nitrogens with two attached hydrogens (primary N) is 1. The first-order valence-electron chi connectivity index (χ1n) is 7.90. The van der Waals surface area contributed by atoms with Gasteiger partial charge in [-0.1, -0.05) is 22.0 Å². The van der Waals surface area contributed by atoms with E-state index >= 15 is 0 Å². The van der Waals surface area contributed by atoms with E-state index in [2.05, 4.69) is 52.9 Å². The van der Waals surface area contributed by atoms with Crippen molar-refractivity contribution in [1.29, 1.82) is 0 Å². The summed E-state index contributed by atoms with van der Waals surface area (Å²) >= 11 is 3.58. The summed E-state index contributed by atoms with van der Waals surface area (Å²) in [5, 5.41) is 0. The largest absolute Gasteiger partial charge is 0.373 e. The van der Waals surface area contributed by atoms with Gasteiger partial charge < -0.3 is 10.5 Å². The molecule has 3 rings (SSSR count). The van der Waals surface area contributed by atoms with E-state index in [0.29, 0.717) is 12.2 Å². The van der Waals surface area contributed by atoms with Crippen molar-refractivity contribution in [2.75, 3.05) is 19.6 Å². The van der Waals surface area contributed by atoms with Crippen molar-refractivity contribution < 1.29 is 4.74 Å². The van der Waals surface area contributed by atoms with E-state index in [4.69, 9.17) is 10.5 Å². The lowest BCUT2D eigenvalue weighted by Gasteiger charge is -2.50. The van der Waals surface area contributed by atoms with E-state index in [9.17, 15) is 0 Å². The smallest absolute Gasteiger partial charge is 0.0678 e. The number of halogens is 1. The van der Waals surface area contributed by atoms with Crippen molar-refractivity contribution in [3.8, 4) is 0 Å². The molecule has 1 unspecified atom stereocenters. The van der Waals surface area contributed by atoms with Crippen LogP contribution in [0.25, 0.3) is 0 Å². The average Bonchev–Trinajstić information content (AvgIpc) is 2.45. The Labute approximate surface area is 136 Å². The summed E-state index contributed by atoms with van der Waals surface area (Å²) in [6, 6.07) is 6.67. The minimum atomic E-state index is 0.104. The molecule has 0 spiro atoms. The zero-order valence-electron chi connectivity index (χ0n) is 12.9. The molecule has 3 atom stereocenters. The van der Waals surface area contributed by atoms with Crippen LogP contribution in [0.15, 0.2) is 22.7 Å². The van der Waals surface area contributed by atoms with Crippen LogP contribution in [0.1, 0.15) is 31.4 Å². The Bertz CT molecular complexity index is 512. The van der Waals surface area contributed by atoms with Gasteiger partial charge >= 0.3 is 0 Å². The number of ether oxygens (including phenoxy) is 1. The fraction of sp³-hybridized carbons (Fsp3) is 0.647. The predicted octanol–water partition coefficient (Wildman–Crippen LogP) is 2.74. The van der Waals surface area contributed by atoms with Gasteiger partial charge in [-0.25, -0.2) is 0 Å². The van der Waals surface area contributed by atoms with Gasteiger partial charge in [0.2, 0.25) is 0 Å². The van der Waals surface area contributed by atoms with Crippen LogP contribution in [0.3, 0.4) is 0 Å². The highest BCUT2D eigenvalue weighted by Gasteiger charge is 2.41. The highest BCUT2D eigenvalue weighted by atomic mass is 79.9. The van der Waals surface area contributed by atoms with Crippen molar-refractivity contribution in [3.05, 3.63) is 33.8 Å². The van der Waals surface area contributed by atoms with E-state index in [0.717, 1.165) is 38.9 Å². The van der Waals surface area contributed by atoms with Crippen molar-refractivity contribution in [1.82, 2.24) is 4.90 Å². The Morgan fingerprint density at radius 3 is 2.67 bits per heavy atom. The summed E-state index contributed by atoms with van der Waals surface area (Å²) in [7, 11) is 0. The van der Waals surface area contributed by atoms with Gasteiger partial charge in [0.25, 0.3) is 0 Å². The summed E-state index contributed by atoms with van der Waals surface area (Å²) in [6.45, 7) is 7.05. The van der Waals surface area contributed by atoms with Crippen molar-refractivity contribution in [2.24, 2.45) is 5.73 Å². The van der Waals surface area contributed by atoms with Crippen LogP contribution in [0.4, 0.5) is 0 Å². The SMILES string of the molecule is C[C@@H]1CN(C2(CN)CCc3cc(Br)ccc3C2)C[C@H](C)O1. The number of nitrogens with zero attached hydrogens (tertiary/aromatic N) is 1. The van der Waals surface area contributed by atoms with Crippen LogP contribution in [-0.4, -0.2) is 42.3 Å². The number of hydrogen-bond donors (Lipinski definition) is 1. The lowest BCUT2D eigenvalue weighted by atomic mass is 9.76. The molecule has 1 fully saturated rings.